The van der Waals surface area contributed by atoms with Gasteiger partial charge < -0.3 is 4.90 Å². The van der Waals surface area contributed by atoms with Gasteiger partial charge in [0.2, 0.25) is 0 Å². The quantitative estimate of drug-likeness (QED) is 0.406. The van der Waals surface area contributed by atoms with Gasteiger partial charge in [-0.2, -0.15) is 5.10 Å². The molecule has 0 saturated heterocycles. The van der Waals surface area contributed by atoms with Crippen LogP contribution in [0.4, 0.5) is 10.2 Å². The molecule has 0 spiro atoms. The summed E-state index contributed by atoms with van der Waals surface area (Å²) in [6.45, 7) is 2.04. The number of para-hydroxylation sites is 1. The molecule has 4 nitrogen and oxygen atoms in total. The third-order valence-electron chi connectivity index (χ3n) is 6.26. The molecular formula is C27H23FN4. The first-order chi connectivity index (χ1) is 15.7. The van der Waals surface area contributed by atoms with Crippen molar-refractivity contribution in [3.63, 3.8) is 0 Å². The van der Waals surface area contributed by atoms with Crippen molar-refractivity contribution in [3.8, 4) is 5.69 Å². The summed E-state index contributed by atoms with van der Waals surface area (Å²) >= 11 is 0. The Balaban J connectivity index is 1.65. The zero-order chi connectivity index (χ0) is 21.7. The highest BCUT2D eigenvalue weighted by Crippen LogP contribution is 2.47. The molecule has 0 bridgehead atoms. The first kappa shape index (κ1) is 19.0. The fraction of sp³-hybridized carbons (Fsp3) is 0.185. The minimum Gasteiger partial charge on any atom is -0.342 e. The van der Waals surface area contributed by atoms with Crippen LogP contribution >= 0.6 is 0 Å². The molecule has 0 amide bonds. The van der Waals surface area contributed by atoms with E-state index in [2.05, 4.69) is 29.2 Å². The summed E-state index contributed by atoms with van der Waals surface area (Å²) in [5.41, 5.74) is 4.68. The molecule has 1 aliphatic heterocycles. The first-order valence-corrected chi connectivity index (χ1v) is 11.0. The number of aryl methyl sites for hydroxylation is 1. The molecule has 1 aliphatic carbocycles. The molecule has 4 aromatic rings. The van der Waals surface area contributed by atoms with Crippen LogP contribution < -0.4 is 0 Å². The number of amidine groups is 1. The largest absolute Gasteiger partial charge is 0.342 e. The fourth-order valence-electron chi connectivity index (χ4n) is 4.66. The maximum absolute atomic E-state index is 15.0. The van der Waals surface area contributed by atoms with Gasteiger partial charge in [0, 0.05) is 11.6 Å². The number of hydrogen-bond acceptors (Lipinski definition) is 3. The van der Waals surface area contributed by atoms with Crippen LogP contribution in [0, 0.1) is 12.7 Å². The van der Waals surface area contributed by atoms with E-state index in [0.29, 0.717) is 17.4 Å². The lowest BCUT2D eigenvalue weighted by Crippen LogP contribution is -2.40. The van der Waals surface area contributed by atoms with Crippen molar-refractivity contribution >= 4 is 11.7 Å². The van der Waals surface area contributed by atoms with Crippen LogP contribution in [0.25, 0.3) is 5.69 Å². The zero-order valence-electron chi connectivity index (χ0n) is 17.8. The molecule has 5 heteroatoms. The molecule has 2 heterocycles. The lowest BCUT2D eigenvalue weighted by atomic mass is 9.93. The number of benzene rings is 3. The van der Waals surface area contributed by atoms with E-state index in [1.54, 1.807) is 6.07 Å². The predicted molar refractivity (Wildman–Crippen MR) is 124 cm³/mol. The number of nitrogens with zero attached hydrogens (tertiary/aromatic N) is 4. The average Bonchev–Trinajstić information content (AvgIpc) is 3.63. The van der Waals surface area contributed by atoms with E-state index in [9.17, 15) is 0 Å². The molecule has 1 fully saturated rings. The summed E-state index contributed by atoms with van der Waals surface area (Å²) in [7, 11) is 0. The van der Waals surface area contributed by atoms with Crippen molar-refractivity contribution in [2.45, 2.75) is 31.8 Å². The minimum atomic E-state index is -0.255. The second kappa shape index (κ2) is 7.45. The molecule has 1 aromatic heterocycles. The van der Waals surface area contributed by atoms with E-state index >= 15 is 4.39 Å². The molecule has 1 unspecified atom stereocenters. The summed E-state index contributed by atoms with van der Waals surface area (Å²) in [6.07, 6.45) is 2.16. The minimum absolute atomic E-state index is 0.0664. The van der Waals surface area contributed by atoms with Gasteiger partial charge in [-0.05, 0) is 49.6 Å². The summed E-state index contributed by atoms with van der Waals surface area (Å²) in [6, 6.07) is 27.7. The monoisotopic (exact) mass is 422 g/mol. The van der Waals surface area contributed by atoms with Gasteiger partial charge >= 0.3 is 0 Å². The van der Waals surface area contributed by atoms with Crippen molar-refractivity contribution in [1.29, 1.82) is 0 Å². The van der Waals surface area contributed by atoms with E-state index in [1.165, 1.54) is 11.6 Å². The van der Waals surface area contributed by atoms with Crippen LogP contribution in [-0.4, -0.2) is 26.6 Å². The highest BCUT2D eigenvalue weighted by atomic mass is 19.1. The standard InChI is InChI=1S/C27H23FN4/c1-18-24-25(19-10-4-2-5-11-19)31(20-16-17-20)26(22-14-8-9-15-23(22)28)29-27(24)32(30-18)21-12-6-3-7-13-21/h2-15,20,25H,16-17H2,1H3. The number of aromatic nitrogens is 2. The van der Waals surface area contributed by atoms with Crippen LogP contribution in [-0.2, 0) is 0 Å². The molecule has 32 heavy (non-hydrogen) atoms. The average molecular weight is 423 g/mol. The molecule has 3 aromatic carbocycles. The van der Waals surface area contributed by atoms with Crippen LogP contribution in [0.5, 0.6) is 0 Å². The topological polar surface area (TPSA) is 33.4 Å². The van der Waals surface area contributed by atoms with Crippen molar-refractivity contribution in [2.24, 2.45) is 4.99 Å². The normalized spacial score (nSPS) is 17.8. The maximum Gasteiger partial charge on any atom is 0.163 e. The molecule has 158 valence electrons. The third-order valence-corrected chi connectivity index (χ3v) is 6.26. The molecular weight excluding hydrogens is 399 g/mol. The first-order valence-electron chi connectivity index (χ1n) is 11.0. The van der Waals surface area contributed by atoms with Crippen molar-refractivity contribution < 1.29 is 4.39 Å². The fourth-order valence-corrected chi connectivity index (χ4v) is 4.66. The summed E-state index contributed by atoms with van der Waals surface area (Å²) in [5, 5.41) is 4.89. The SMILES string of the molecule is Cc1nn(-c2ccccc2)c2c1C(c1ccccc1)N(C1CC1)C(c1ccccc1F)=N2. The Labute approximate surface area is 186 Å². The number of aliphatic imine (C=N–C) groups is 1. The predicted octanol–water partition coefficient (Wildman–Crippen LogP) is 5.97. The van der Waals surface area contributed by atoms with E-state index in [0.717, 1.165) is 35.6 Å². The third kappa shape index (κ3) is 3.04. The Morgan fingerprint density at radius 3 is 2.19 bits per heavy atom. The Hall–Kier alpha value is -3.73. The van der Waals surface area contributed by atoms with Gasteiger partial charge in [0.05, 0.1) is 23.0 Å². The molecule has 0 radical (unpaired) electrons. The molecule has 0 N–H and O–H groups in total. The maximum atomic E-state index is 15.0. The zero-order valence-corrected chi connectivity index (χ0v) is 17.8. The van der Waals surface area contributed by atoms with Gasteiger partial charge in [-0.1, -0.05) is 60.7 Å². The number of fused-ring (bicyclic) bond motifs is 1. The van der Waals surface area contributed by atoms with Crippen molar-refractivity contribution in [1.82, 2.24) is 14.7 Å². The summed E-state index contributed by atoms with van der Waals surface area (Å²) in [5.74, 6) is 1.21. The van der Waals surface area contributed by atoms with E-state index in [-0.39, 0.29) is 11.9 Å². The van der Waals surface area contributed by atoms with Gasteiger partial charge in [0.25, 0.3) is 0 Å². The van der Waals surface area contributed by atoms with E-state index in [4.69, 9.17) is 10.1 Å². The number of rotatable bonds is 4. The van der Waals surface area contributed by atoms with Gasteiger partial charge in [0.15, 0.2) is 5.82 Å². The summed E-state index contributed by atoms with van der Waals surface area (Å²) in [4.78, 5) is 7.41. The van der Waals surface area contributed by atoms with Crippen LogP contribution in [0.2, 0.25) is 0 Å². The van der Waals surface area contributed by atoms with Gasteiger partial charge in [0.1, 0.15) is 11.7 Å². The second-order valence-electron chi connectivity index (χ2n) is 8.44. The molecule has 2 aliphatic rings. The Kier molecular flexibility index (Phi) is 4.42. The Morgan fingerprint density at radius 2 is 1.50 bits per heavy atom. The smallest absolute Gasteiger partial charge is 0.163 e. The van der Waals surface area contributed by atoms with Crippen LogP contribution in [0.1, 0.15) is 41.3 Å². The van der Waals surface area contributed by atoms with Crippen LogP contribution in [0.15, 0.2) is 89.9 Å². The highest BCUT2D eigenvalue weighted by Gasteiger charge is 2.43. The second-order valence-corrected chi connectivity index (χ2v) is 8.44. The summed E-state index contributed by atoms with van der Waals surface area (Å²) < 4.78 is 16.9. The van der Waals surface area contributed by atoms with Gasteiger partial charge in [-0.15, -0.1) is 0 Å². The van der Waals surface area contributed by atoms with Crippen molar-refractivity contribution in [3.05, 3.63) is 113 Å². The van der Waals surface area contributed by atoms with Gasteiger partial charge in [-0.25, -0.2) is 14.1 Å². The lowest BCUT2D eigenvalue weighted by molar-refractivity contribution is 0.340. The Bertz CT molecular complexity index is 1310. The number of halogens is 1. The lowest BCUT2D eigenvalue weighted by Gasteiger charge is -2.38. The van der Waals surface area contributed by atoms with Crippen molar-refractivity contribution in [2.75, 3.05) is 0 Å². The van der Waals surface area contributed by atoms with E-state index in [1.807, 2.05) is 60.1 Å². The van der Waals surface area contributed by atoms with E-state index < -0.39 is 0 Å². The highest BCUT2D eigenvalue weighted by molar-refractivity contribution is 6.02. The molecule has 6 rings (SSSR count). The molecule has 1 atom stereocenters. The number of hydrogen-bond donors (Lipinski definition) is 0. The van der Waals surface area contributed by atoms with Gasteiger partial charge in [-0.3, -0.25) is 0 Å². The van der Waals surface area contributed by atoms with Crippen LogP contribution in [0.3, 0.4) is 0 Å². The Morgan fingerprint density at radius 1 is 0.844 bits per heavy atom. The molecule has 1 saturated carbocycles.